The van der Waals surface area contributed by atoms with Crippen LogP contribution >= 0.6 is 11.3 Å². The molecule has 0 amide bonds. The number of ether oxygens (including phenoxy) is 1. The molecule has 3 nitrogen and oxygen atoms in total. The molecule has 28 heavy (non-hydrogen) atoms. The smallest absolute Gasteiger partial charge is 0.334 e. The van der Waals surface area contributed by atoms with Crippen LogP contribution in [0.5, 0.6) is 0 Å². The molecule has 0 aliphatic heterocycles. The first-order chi connectivity index (χ1) is 13.6. The minimum Gasteiger partial charge on any atom is -0.463 e. The number of hydrogen-bond acceptors (Lipinski definition) is 4. The number of thiophene rings is 1. The van der Waals surface area contributed by atoms with Crippen molar-refractivity contribution in [2.45, 2.75) is 32.6 Å². The lowest BCUT2D eigenvalue weighted by molar-refractivity contribution is -0.138. The largest absolute Gasteiger partial charge is 0.463 e. The van der Waals surface area contributed by atoms with E-state index in [1.807, 2.05) is 67.8 Å². The van der Waals surface area contributed by atoms with E-state index in [4.69, 9.17) is 4.74 Å². The summed E-state index contributed by atoms with van der Waals surface area (Å²) in [6.45, 7) is 4.12. The van der Waals surface area contributed by atoms with Gasteiger partial charge in [0.1, 0.15) is 0 Å². The van der Waals surface area contributed by atoms with Gasteiger partial charge in [0.25, 0.3) is 0 Å². The summed E-state index contributed by atoms with van der Waals surface area (Å²) in [5.41, 5.74) is 5.38. The van der Waals surface area contributed by atoms with Crippen LogP contribution in [0.4, 0.5) is 0 Å². The molecule has 0 bridgehead atoms. The third-order valence-corrected chi connectivity index (χ3v) is 6.24. The molecule has 0 fully saturated rings. The average Bonchev–Trinajstić information content (AvgIpc) is 3.31. The van der Waals surface area contributed by atoms with Crippen molar-refractivity contribution < 1.29 is 14.3 Å². The number of carbonyl (C=O) groups is 2. The quantitative estimate of drug-likeness (QED) is 0.514. The van der Waals surface area contributed by atoms with Gasteiger partial charge in [-0.05, 0) is 49.8 Å². The van der Waals surface area contributed by atoms with Gasteiger partial charge >= 0.3 is 5.97 Å². The van der Waals surface area contributed by atoms with E-state index in [0.717, 1.165) is 32.7 Å². The van der Waals surface area contributed by atoms with Gasteiger partial charge in [0.15, 0.2) is 5.78 Å². The fraction of sp³-hybridized carbons (Fsp3) is 0.250. The SMILES string of the molecule is CCOC(=O)C1=C(C)CC2=C(C(=O)C(=Cc3ccccc3)C2)C1c1cccs1. The van der Waals surface area contributed by atoms with E-state index < -0.39 is 0 Å². The third kappa shape index (κ3) is 3.29. The number of rotatable bonds is 4. The predicted octanol–water partition coefficient (Wildman–Crippen LogP) is 5.47. The highest BCUT2D eigenvalue weighted by atomic mass is 32.1. The Morgan fingerprint density at radius 1 is 1.18 bits per heavy atom. The predicted molar refractivity (Wildman–Crippen MR) is 112 cm³/mol. The van der Waals surface area contributed by atoms with Crippen LogP contribution in [0.25, 0.3) is 6.08 Å². The van der Waals surface area contributed by atoms with E-state index in [9.17, 15) is 9.59 Å². The first-order valence-corrected chi connectivity index (χ1v) is 10.4. The standard InChI is InChI=1S/C24H22O3S/c1-3-27-24(26)20-15(2)12-17-14-18(13-16-8-5-4-6-9-16)23(25)21(17)22(20)19-10-7-11-28-19/h4-11,13,22H,3,12,14H2,1-2H3. The van der Waals surface area contributed by atoms with E-state index in [-0.39, 0.29) is 17.7 Å². The maximum atomic E-state index is 13.4. The summed E-state index contributed by atoms with van der Waals surface area (Å²) in [6.07, 6.45) is 3.28. The topological polar surface area (TPSA) is 43.4 Å². The number of allylic oxidation sites excluding steroid dienone is 4. The second kappa shape index (κ2) is 7.72. The van der Waals surface area contributed by atoms with Gasteiger partial charge in [0.05, 0.1) is 12.5 Å². The van der Waals surface area contributed by atoms with Gasteiger partial charge in [-0.2, -0.15) is 0 Å². The van der Waals surface area contributed by atoms with Crippen LogP contribution in [-0.2, 0) is 14.3 Å². The molecule has 2 aromatic rings. The number of carbonyl (C=O) groups excluding carboxylic acids is 2. The van der Waals surface area contributed by atoms with E-state index in [2.05, 4.69) is 0 Å². The highest BCUT2D eigenvalue weighted by Crippen LogP contribution is 2.49. The number of benzene rings is 1. The Hall–Kier alpha value is -2.72. The van der Waals surface area contributed by atoms with Crippen LogP contribution in [0.2, 0.25) is 0 Å². The van der Waals surface area contributed by atoms with Gasteiger partial charge in [-0.1, -0.05) is 47.5 Å². The molecule has 4 heteroatoms. The summed E-state index contributed by atoms with van der Waals surface area (Å²) in [7, 11) is 0. The van der Waals surface area contributed by atoms with E-state index in [1.54, 1.807) is 11.3 Å². The Kier molecular flexibility index (Phi) is 5.14. The van der Waals surface area contributed by atoms with Crippen molar-refractivity contribution in [3.63, 3.8) is 0 Å². The monoisotopic (exact) mass is 390 g/mol. The van der Waals surface area contributed by atoms with Crippen molar-refractivity contribution in [2.75, 3.05) is 6.61 Å². The van der Waals surface area contributed by atoms with E-state index >= 15 is 0 Å². The van der Waals surface area contributed by atoms with Crippen LogP contribution in [0, 0.1) is 0 Å². The lowest BCUT2D eigenvalue weighted by Gasteiger charge is -2.27. The van der Waals surface area contributed by atoms with Crippen molar-refractivity contribution >= 4 is 29.2 Å². The zero-order valence-electron chi connectivity index (χ0n) is 16.0. The Bertz CT molecular complexity index is 1010. The minimum absolute atomic E-state index is 0.0616. The van der Waals surface area contributed by atoms with Crippen molar-refractivity contribution in [3.05, 3.63) is 86.2 Å². The first-order valence-electron chi connectivity index (χ1n) is 9.52. The molecule has 1 atom stereocenters. The molecule has 0 spiro atoms. The summed E-state index contributed by atoms with van der Waals surface area (Å²) in [6, 6.07) is 13.9. The lowest BCUT2D eigenvalue weighted by Crippen LogP contribution is -2.23. The van der Waals surface area contributed by atoms with Crippen LogP contribution in [-0.4, -0.2) is 18.4 Å². The molecule has 0 saturated heterocycles. The van der Waals surface area contributed by atoms with Gasteiger partial charge < -0.3 is 4.74 Å². The molecular weight excluding hydrogens is 368 g/mol. The molecule has 1 heterocycles. The summed E-state index contributed by atoms with van der Waals surface area (Å²) >= 11 is 1.58. The van der Waals surface area contributed by atoms with Crippen LogP contribution in [0.1, 0.15) is 43.0 Å². The molecule has 142 valence electrons. The first kappa shape index (κ1) is 18.6. The fourth-order valence-electron chi connectivity index (χ4n) is 4.15. The Labute approximate surface area is 169 Å². The van der Waals surface area contributed by atoms with Gasteiger partial charge in [0, 0.05) is 21.6 Å². The number of hydrogen-bond donors (Lipinski definition) is 0. The average molecular weight is 391 g/mol. The third-order valence-electron chi connectivity index (χ3n) is 5.30. The molecule has 0 saturated carbocycles. The van der Waals surface area contributed by atoms with Gasteiger partial charge in [-0.3, -0.25) is 4.79 Å². The van der Waals surface area contributed by atoms with Gasteiger partial charge in [-0.15, -0.1) is 11.3 Å². The van der Waals surface area contributed by atoms with Crippen molar-refractivity contribution in [1.29, 1.82) is 0 Å². The maximum absolute atomic E-state index is 13.4. The zero-order valence-corrected chi connectivity index (χ0v) is 16.8. The second-order valence-electron chi connectivity index (χ2n) is 7.14. The normalized spacial score (nSPS) is 20.7. The summed E-state index contributed by atoms with van der Waals surface area (Å²) in [5, 5.41) is 1.99. The van der Waals surface area contributed by atoms with Crippen LogP contribution in [0.3, 0.4) is 0 Å². The molecule has 4 rings (SSSR count). The van der Waals surface area contributed by atoms with Gasteiger partial charge in [0.2, 0.25) is 0 Å². The highest BCUT2D eigenvalue weighted by molar-refractivity contribution is 7.10. The summed E-state index contributed by atoms with van der Waals surface area (Å²) < 4.78 is 5.35. The van der Waals surface area contributed by atoms with Crippen molar-refractivity contribution in [1.82, 2.24) is 0 Å². The number of Topliss-reactive ketones (excluding diaryl/α,β-unsaturated/α-hetero) is 1. The molecule has 2 aliphatic carbocycles. The highest BCUT2D eigenvalue weighted by Gasteiger charge is 2.42. The Morgan fingerprint density at radius 3 is 2.64 bits per heavy atom. The number of ketones is 1. The minimum atomic E-state index is -0.322. The maximum Gasteiger partial charge on any atom is 0.334 e. The molecule has 1 unspecified atom stereocenters. The van der Waals surface area contributed by atoms with Crippen LogP contribution in [0.15, 0.2) is 75.7 Å². The molecular formula is C24H22O3S. The van der Waals surface area contributed by atoms with E-state index in [1.165, 1.54) is 0 Å². The molecule has 2 aliphatic rings. The van der Waals surface area contributed by atoms with Gasteiger partial charge in [-0.25, -0.2) is 4.79 Å². The molecule has 1 aromatic heterocycles. The lowest BCUT2D eigenvalue weighted by atomic mass is 9.78. The van der Waals surface area contributed by atoms with Crippen molar-refractivity contribution in [2.24, 2.45) is 0 Å². The summed E-state index contributed by atoms with van der Waals surface area (Å²) in [5.74, 6) is -0.568. The zero-order chi connectivity index (χ0) is 19.7. The van der Waals surface area contributed by atoms with Crippen molar-refractivity contribution in [3.8, 4) is 0 Å². The number of esters is 1. The fourth-order valence-corrected chi connectivity index (χ4v) is 4.99. The summed E-state index contributed by atoms with van der Waals surface area (Å²) in [4.78, 5) is 27.2. The molecule has 1 aromatic carbocycles. The van der Waals surface area contributed by atoms with Crippen LogP contribution < -0.4 is 0 Å². The van der Waals surface area contributed by atoms with E-state index in [0.29, 0.717) is 25.0 Å². The second-order valence-corrected chi connectivity index (χ2v) is 8.12. The Balaban J connectivity index is 1.77. The molecule has 0 N–H and O–H groups in total. The molecule has 0 radical (unpaired) electrons. The Morgan fingerprint density at radius 2 is 1.96 bits per heavy atom.